The van der Waals surface area contributed by atoms with E-state index in [1.807, 2.05) is 42.3 Å². The van der Waals surface area contributed by atoms with Crippen molar-refractivity contribution in [2.45, 2.75) is 51.9 Å². The smallest absolute Gasteiger partial charge is 0.274 e. The standard InChI is InChI=1S/C22H27N5O2/c1-3-27-20-5-4-18(24-13-16-6-9-23-10-7-16)12-19(20)21(25-27)22(28)26(2)14-17-8-11-29-15-17/h6-11,15,18,24H,3-5,12-14H2,1-2H3. The minimum atomic E-state index is -0.0376. The molecular formula is C22H27N5O2. The van der Waals surface area contributed by atoms with Crippen molar-refractivity contribution < 1.29 is 9.21 Å². The van der Waals surface area contributed by atoms with Crippen molar-refractivity contribution in [1.82, 2.24) is 25.0 Å². The van der Waals surface area contributed by atoms with E-state index in [0.29, 0.717) is 18.3 Å². The number of furan rings is 1. The zero-order chi connectivity index (χ0) is 20.2. The molecule has 29 heavy (non-hydrogen) atoms. The van der Waals surface area contributed by atoms with Gasteiger partial charge in [0.05, 0.1) is 12.5 Å². The first-order valence-electron chi connectivity index (χ1n) is 10.1. The van der Waals surface area contributed by atoms with Gasteiger partial charge in [0.25, 0.3) is 5.91 Å². The Bertz CT molecular complexity index is 949. The molecule has 1 aliphatic carbocycles. The number of fused-ring (bicyclic) bond motifs is 1. The summed E-state index contributed by atoms with van der Waals surface area (Å²) in [5.41, 5.74) is 5.07. The fourth-order valence-corrected chi connectivity index (χ4v) is 3.97. The SMILES string of the molecule is CCn1nc(C(=O)N(C)Cc2ccoc2)c2c1CCC(NCc1ccncc1)C2. The number of nitrogens with one attached hydrogen (secondary N) is 1. The molecule has 3 aromatic heterocycles. The first kappa shape index (κ1) is 19.4. The van der Waals surface area contributed by atoms with Crippen molar-refractivity contribution in [2.24, 2.45) is 0 Å². The maximum absolute atomic E-state index is 13.2. The van der Waals surface area contributed by atoms with Gasteiger partial charge in [-0.3, -0.25) is 14.5 Å². The third kappa shape index (κ3) is 4.24. The number of amides is 1. The molecule has 0 fully saturated rings. The van der Waals surface area contributed by atoms with Gasteiger partial charge in [0.2, 0.25) is 0 Å². The molecule has 3 heterocycles. The number of rotatable bonds is 7. The van der Waals surface area contributed by atoms with E-state index in [1.54, 1.807) is 17.4 Å². The van der Waals surface area contributed by atoms with Crippen LogP contribution in [0.2, 0.25) is 0 Å². The summed E-state index contributed by atoms with van der Waals surface area (Å²) in [5, 5.41) is 8.31. The Morgan fingerprint density at radius 2 is 2.14 bits per heavy atom. The number of nitrogens with zero attached hydrogens (tertiary/aromatic N) is 4. The highest BCUT2D eigenvalue weighted by atomic mass is 16.3. The van der Waals surface area contributed by atoms with Crippen LogP contribution >= 0.6 is 0 Å². The van der Waals surface area contributed by atoms with Crippen molar-refractivity contribution >= 4 is 5.91 Å². The van der Waals surface area contributed by atoms with Crippen LogP contribution in [-0.2, 0) is 32.5 Å². The Kier molecular flexibility index (Phi) is 5.76. The molecule has 1 N–H and O–H groups in total. The molecule has 3 aromatic rings. The molecule has 0 saturated heterocycles. The average molecular weight is 393 g/mol. The van der Waals surface area contributed by atoms with Gasteiger partial charge in [-0.1, -0.05) is 0 Å². The minimum Gasteiger partial charge on any atom is -0.472 e. The van der Waals surface area contributed by atoms with Crippen LogP contribution < -0.4 is 5.32 Å². The summed E-state index contributed by atoms with van der Waals surface area (Å²) in [7, 11) is 1.81. The number of aryl methyl sites for hydroxylation is 1. The van der Waals surface area contributed by atoms with E-state index in [9.17, 15) is 4.79 Å². The number of hydrogen-bond donors (Lipinski definition) is 1. The second-order valence-corrected chi connectivity index (χ2v) is 7.56. The van der Waals surface area contributed by atoms with Crippen LogP contribution in [0, 0.1) is 0 Å². The van der Waals surface area contributed by atoms with E-state index in [4.69, 9.17) is 4.42 Å². The quantitative estimate of drug-likeness (QED) is 0.668. The van der Waals surface area contributed by atoms with Crippen LogP contribution in [0.1, 0.15) is 46.2 Å². The first-order valence-corrected chi connectivity index (χ1v) is 10.1. The molecule has 7 heteroatoms. The number of aromatic nitrogens is 3. The van der Waals surface area contributed by atoms with Crippen LogP contribution in [0.25, 0.3) is 0 Å². The van der Waals surface area contributed by atoms with Gasteiger partial charge in [0.1, 0.15) is 0 Å². The highest BCUT2D eigenvalue weighted by Gasteiger charge is 2.30. The summed E-state index contributed by atoms with van der Waals surface area (Å²) in [5.74, 6) is -0.0376. The average Bonchev–Trinajstić information content (AvgIpc) is 3.39. The molecule has 152 valence electrons. The van der Waals surface area contributed by atoms with Crippen LogP contribution in [0.5, 0.6) is 0 Å². The summed E-state index contributed by atoms with van der Waals surface area (Å²) >= 11 is 0. The molecule has 1 atom stereocenters. The van der Waals surface area contributed by atoms with Crippen LogP contribution in [0.4, 0.5) is 0 Å². The molecule has 0 aliphatic heterocycles. The van der Waals surface area contributed by atoms with Crippen molar-refractivity contribution in [3.05, 3.63) is 71.2 Å². The Hall–Kier alpha value is -2.93. The summed E-state index contributed by atoms with van der Waals surface area (Å²) in [4.78, 5) is 18.9. The van der Waals surface area contributed by atoms with Crippen LogP contribution in [-0.4, -0.2) is 38.7 Å². The largest absolute Gasteiger partial charge is 0.472 e. The monoisotopic (exact) mass is 393 g/mol. The molecular weight excluding hydrogens is 366 g/mol. The maximum atomic E-state index is 13.2. The van der Waals surface area contributed by atoms with E-state index in [-0.39, 0.29) is 5.91 Å². The van der Waals surface area contributed by atoms with Gasteiger partial charge in [-0.05, 0) is 49.9 Å². The van der Waals surface area contributed by atoms with E-state index in [2.05, 4.69) is 22.3 Å². The number of carbonyl (C=O) groups is 1. The predicted molar refractivity (Wildman–Crippen MR) is 109 cm³/mol. The second kappa shape index (κ2) is 8.61. The van der Waals surface area contributed by atoms with Gasteiger partial charge in [-0.15, -0.1) is 0 Å². The molecule has 0 radical (unpaired) electrons. The van der Waals surface area contributed by atoms with Crippen molar-refractivity contribution in [2.75, 3.05) is 7.05 Å². The lowest BCUT2D eigenvalue weighted by atomic mass is 9.91. The second-order valence-electron chi connectivity index (χ2n) is 7.56. The molecule has 1 amide bonds. The Balaban J connectivity index is 1.49. The van der Waals surface area contributed by atoms with Crippen LogP contribution in [0.15, 0.2) is 47.5 Å². The van der Waals surface area contributed by atoms with E-state index in [0.717, 1.165) is 43.5 Å². The van der Waals surface area contributed by atoms with E-state index >= 15 is 0 Å². The minimum absolute atomic E-state index is 0.0376. The Labute approximate surface area is 170 Å². The molecule has 4 rings (SSSR count). The maximum Gasteiger partial charge on any atom is 0.274 e. The summed E-state index contributed by atoms with van der Waals surface area (Å²) in [6.45, 7) is 4.15. The lowest BCUT2D eigenvalue weighted by molar-refractivity contribution is 0.0777. The number of carbonyl (C=O) groups excluding carboxylic acids is 1. The van der Waals surface area contributed by atoms with Gasteiger partial charge in [-0.2, -0.15) is 5.10 Å². The van der Waals surface area contributed by atoms with Crippen molar-refractivity contribution in [1.29, 1.82) is 0 Å². The van der Waals surface area contributed by atoms with Crippen LogP contribution in [0.3, 0.4) is 0 Å². The summed E-state index contributed by atoms with van der Waals surface area (Å²) in [6, 6.07) is 6.26. The molecule has 0 saturated carbocycles. The fourth-order valence-electron chi connectivity index (χ4n) is 3.97. The number of hydrogen-bond acceptors (Lipinski definition) is 5. The topological polar surface area (TPSA) is 76.2 Å². The summed E-state index contributed by atoms with van der Waals surface area (Å²) < 4.78 is 7.11. The van der Waals surface area contributed by atoms with Gasteiger partial charge in [-0.25, -0.2) is 0 Å². The van der Waals surface area contributed by atoms with E-state index in [1.165, 1.54) is 11.3 Å². The van der Waals surface area contributed by atoms with Gasteiger partial charge < -0.3 is 14.6 Å². The normalized spacial score (nSPS) is 15.9. The Morgan fingerprint density at radius 1 is 1.31 bits per heavy atom. The highest BCUT2D eigenvalue weighted by molar-refractivity contribution is 5.94. The molecule has 0 spiro atoms. The lowest BCUT2D eigenvalue weighted by Crippen LogP contribution is -2.35. The molecule has 0 aromatic carbocycles. The van der Waals surface area contributed by atoms with Crippen molar-refractivity contribution in [3.63, 3.8) is 0 Å². The van der Waals surface area contributed by atoms with Gasteiger partial charge in [0.15, 0.2) is 5.69 Å². The van der Waals surface area contributed by atoms with E-state index < -0.39 is 0 Å². The van der Waals surface area contributed by atoms with Crippen molar-refractivity contribution in [3.8, 4) is 0 Å². The molecule has 1 aliphatic rings. The third-order valence-electron chi connectivity index (χ3n) is 5.54. The van der Waals surface area contributed by atoms with Gasteiger partial charge in [0, 0.05) is 61.9 Å². The lowest BCUT2D eigenvalue weighted by Gasteiger charge is -2.25. The predicted octanol–water partition coefficient (Wildman–Crippen LogP) is 2.81. The van der Waals surface area contributed by atoms with Gasteiger partial charge >= 0.3 is 0 Å². The third-order valence-corrected chi connectivity index (χ3v) is 5.54. The molecule has 7 nitrogen and oxygen atoms in total. The highest BCUT2D eigenvalue weighted by Crippen LogP contribution is 2.26. The number of pyridine rings is 1. The Morgan fingerprint density at radius 3 is 2.86 bits per heavy atom. The summed E-state index contributed by atoms with van der Waals surface area (Å²) in [6.07, 6.45) is 9.72. The molecule has 1 unspecified atom stereocenters. The zero-order valence-electron chi connectivity index (χ0n) is 17.0. The molecule has 0 bridgehead atoms. The zero-order valence-corrected chi connectivity index (χ0v) is 17.0. The first-order chi connectivity index (χ1) is 14.2. The fraction of sp³-hybridized carbons (Fsp3) is 0.409.